The molecule has 0 aliphatic heterocycles. The van der Waals surface area contributed by atoms with Gasteiger partial charge in [-0.15, -0.1) is 0 Å². The summed E-state index contributed by atoms with van der Waals surface area (Å²) in [5.74, 6) is 1.33. The van der Waals surface area contributed by atoms with Crippen molar-refractivity contribution in [1.82, 2.24) is 5.32 Å². The second kappa shape index (κ2) is 10.5. The smallest absolute Gasteiger partial charge is 0.252 e. The van der Waals surface area contributed by atoms with Crippen LogP contribution in [0.1, 0.15) is 38.7 Å². The number of amides is 1. The highest BCUT2D eigenvalue weighted by atomic mass is 16.5. The lowest BCUT2D eigenvalue weighted by atomic mass is 9.98. The average molecular weight is 438 g/mol. The summed E-state index contributed by atoms with van der Waals surface area (Å²) in [4.78, 5) is 13.3. The fraction of sp³-hybridized carbons (Fsp3) is 0.138. The standard InChI is InChI=1S/C29H27NO3/c1-21-11-9-10-16-26(21)33-20-25-19-24(17-18-27(25)32-2)29(31)30-28(22-12-5-3-6-13-22)23-14-7-4-8-15-23/h3-19,28H,20H2,1-2H3,(H,30,31). The number of rotatable bonds is 8. The van der Waals surface area contributed by atoms with Gasteiger partial charge in [0, 0.05) is 11.1 Å². The molecule has 4 heteroatoms. The summed E-state index contributed by atoms with van der Waals surface area (Å²) in [5, 5.41) is 3.19. The number of hydrogen-bond donors (Lipinski definition) is 1. The van der Waals surface area contributed by atoms with Gasteiger partial charge in [0.1, 0.15) is 18.1 Å². The molecule has 4 aromatic rings. The Labute approximate surface area is 194 Å². The first-order chi connectivity index (χ1) is 16.2. The lowest BCUT2D eigenvalue weighted by molar-refractivity contribution is 0.0942. The molecule has 0 saturated heterocycles. The van der Waals surface area contributed by atoms with Crippen LogP contribution < -0.4 is 14.8 Å². The summed E-state index contributed by atoms with van der Waals surface area (Å²) >= 11 is 0. The van der Waals surface area contributed by atoms with E-state index in [2.05, 4.69) is 5.32 Å². The molecule has 0 unspecified atom stereocenters. The zero-order valence-corrected chi connectivity index (χ0v) is 18.8. The van der Waals surface area contributed by atoms with E-state index in [-0.39, 0.29) is 11.9 Å². The number of carbonyl (C=O) groups excluding carboxylic acids is 1. The number of aryl methyl sites for hydroxylation is 1. The first-order valence-electron chi connectivity index (χ1n) is 10.9. The first kappa shape index (κ1) is 22.2. The van der Waals surface area contributed by atoms with Crippen molar-refractivity contribution in [3.63, 3.8) is 0 Å². The third-order valence-electron chi connectivity index (χ3n) is 5.56. The summed E-state index contributed by atoms with van der Waals surface area (Å²) in [5.41, 5.74) is 4.46. The van der Waals surface area contributed by atoms with Gasteiger partial charge < -0.3 is 14.8 Å². The lowest BCUT2D eigenvalue weighted by Crippen LogP contribution is -2.29. The van der Waals surface area contributed by atoms with Crippen LogP contribution in [0, 0.1) is 6.92 Å². The highest BCUT2D eigenvalue weighted by Gasteiger charge is 2.19. The van der Waals surface area contributed by atoms with Crippen molar-refractivity contribution in [2.24, 2.45) is 0 Å². The van der Waals surface area contributed by atoms with Gasteiger partial charge in [0.15, 0.2) is 0 Å². The predicted octanol–water partition coefficient (Wildman–Crippen LogP) is 6.10. The Balaban J connectivity index is 1.58. The van der Waals surface area contributed by atoms with Gasteiger partial charge in [-0.3, -0.25) is 4.79 Å². The predicted molar refractivity (Wildman–Crippen MR) is 131 cm³/mol. The molecule has 0 fully saturated rings. The third kappa shape index (κ3) is 5.42. The number of carbonyl (C=O) groups is 1. The zero-order chi connectivity index (χ0) is 23.0. The summed E-state index contributed by atoms with van der Waals surface area (Å²) in [7, 11) is 1.62. The highest BCUT2D eigenvalue weighted by molar-refractivity contribution is 5.95. The molecule has 1 N–H and O–H groups in total. The molecule has 0 aromatic heterocycles. The molecule has 0 aliphatic rings. The maximum atomic E-state index is 13.3. The summed E-state index contributed by atoms with van der Waals surface area (Å²) in [6.07, 6.45) is 0. The van der Waals surface area contributed by atoms with Crippen molar-refractivity contribution in [3.8, 4) is 11.5 Å². The Bertz CT molecular complexity index is 1170. The molecule has 0 radical (unpaired) electrons. The third-order valence-corrected chi connectivity index (χ3v) is 5.56. The van der Waals surface area contributed by atoms with E-state index in [1.807, 2.05) is 104 Å². The molecule has 1 amide bonds. The monoisotopic (exact) mass is 437 g/mol. The van der Waals surface area contributed by atoms with Gasteiger partial charge in [0.2, 0.25) is 0 Å². The molecule has 0 heterocycles. The topological polar surface area (TPSA) is 47.6 Å². The molecule has 4 rings (SSSR count). The van der Waals surface area contributed by atoms with Crippen molar-refractivity contribution < 1.29 is 14.3 Å². The van der Waals surface area contributed by atoms with Crippen molar-refractivity contribution in [2.45, 2.75) is 19.6 Å². The number of para-hydroxylation sites is 1. The Hall–Kier alpha value is -4.05. The van der Waals surface area contributed by atoms with Gasteiger partial charge in [0.25, 0.3) is 5.91 Å². The van der Waals surface area contributed by atoms with Crippen LogP contribution in [0.4, 0.5) is 0 Å². The quantitative estimate of drug-likeness (QED) is 0.362. The van der Waals surface area contributed by atoms with E-state index in [9.17, 15) is 4.79 Å². The Kier molecular flexibility index (Phi) is 7.06. The number of benzene rings is 4. The van der Waals surface area contributed by atoms with Crippen LogP contribution in [0.25, 0.3) is 0 Å². The van der Waals surface area contributed by atoms with Crippen LogP contribution in [0.2, 0.25) is 0 Å². The van der Waals surface area contributed by atoms with Crippen molar-refractivity contribution >= 4 is 5.91 Å². The molecule has 0 bridgehead atoms. The van der Waals surface area contributed by atoms with Crippen molar-refractivity contribution in [2.75, 3.05) is 7.11 Å². The Morgan fingerprint density at radius 3 is 2.00 bits per heavy atom. The van der Waals surface area contributed by atoms with E-state index in [0.29, 0.717) is 17.9 Å². The minimum atomic E-state index is -0.256. The largest absolute Gasteiger partial charge is 0.496 e. The van der Waals surface area contributed by atoms with Crippen LogP contribution in [0.15, 0.2) is 103 Å². The molecule has 0 atom stereocenters. The molecule has 0 aliphatic carbocycles. The Morgan fingerprint density at radius 1 is 0.788 bits per heavy atom. The molecule has 0 saturated carbocycles. The summed E-state index contributed by atoms with van der Waals surface area (Å²) in [6.45, 7) is 2.31. The fourth-order valence-corrected chi connectivity index (χ4v) is 3.77. The number of hydrogen-bond acceptors (Lipinski definition) is 3. The first-order valence-corrected chi connectivity index (χ1v) is 10.9. The van der Waals surface area contributed by atoms with E-state index in [0.717, 1.165) is 28.0 Å². The van der Waals surface area contributed by atoms with E-state index in [1.54, 1.807) is 13.2 Å². The van der Waals surface area contributed by atoms with Crippen molar-refractivity contribution in [1.29, 1.82) is 0 Å². The maximum Gasteiger partial charge on any atom is 0.252 e. The van der Waals surface area contributed by atoms with E-state index >= 15 is 0 Å². The molecular formula is C29H27NO3. The van der Waals surface area contributed by atoms with Crippen LogP contribution >= 0.6 is 0 Å². The van der Waals surface area contributed by atoms with Gasteiger partial charge >= 0.3 is 0 Å². The number of ether oxygens (including phenoxy) is 2. The summed E-state index contributed by atoms with van der Waals surface area (Å²) in [6, 6.07) is 33.0. The number of methoxy groups -OCH3 is 1. The molecule has 166 valence electrons. The van der Waals surface area contributed by atoms with Crippen molar-refractivity contribution in [3.05, 3.63) is 131 Å². The highest BCUT2D eigenvalue weighted by Crippen LogP contribution is 2.26. The fourth-order valence-electron chi connectivity index (χ4n) is 3.77. The van der Waals surface area contributed by atoms with Gasteiger partial charge in [-0.1, -0.05) is 78.9 Å². The SMILES string of the molecule is COc1ccc(C(=O)NC(c2ccccc2)c2ccccc2)cc1COc1ccccc1C. The van der Waals surface area contributed by atoms with Gasteiger partial charge in [0.05, 0.1) is 13.2 Å². The van der Waals surface area contributed by atoms with E-state index < -0.39 is 0 Å². The van der Waals surface area contributed by atoms with Gasteiger partial charge in [-0.2, -0.15) is 0 Å². The maximum absolute atomic E-state index is 13.3. The molecule has 0 spiro atoms. The van der Waals surface area contributed by atoms with E-state index in [1.165, 1.54) is 0 Å². The summed E-state index contributed by atoms with van der Waals surface area (Å²) < 4.78 is 11.5. The lowest BCUT2D eigenvalue weighted by Gasteiger charge is -2.20. The average Bonchev–Trinajstić information content (AvgIpc) is 2.87. The van der Waals surface area contributed by atoms with E-state index in [4.69, 9.17) is 9.47 Å². The van der Waals surface area contributed by atoms with Crippen LogP contribution in [0.3, 0.4) is 0 Å². The molecular weight excluding hydrogens is 410 g/mol. The van der Waals surface area contributed by atoms with Gasteiger partial charge in [-0.05, 0) is 47.9 Å². The van der Waals surface area contributed by atoms with Gasteiger partial charge in [-0.25, -0.2) is 0 Å². The van der Waals surface area contributed by atoms with Crippen LogP contribution in [-0.2, 0) is 6.61 Å². The minimum Gasteiger partial charge on any atom is -0.496 e. The normalized spacial score (nSPS) is 10.6. The molecule has 33 heavy (non-hydrogen) atoms. The molecule has 4 nitrogen and oxygen atoms in total. The Morgan fingerprint density at radius 2 is 1.39 bits per heavy atom. The van der Waals surface area contributed by atoms with Crippen LogP contribution in [0.5, 0.6) is 11.5 Å². The molecule has 4 aromatic carbocycles. The minimum absolute atomic E-state index is 0.160. The second-order valence-corrected chi connectivity index (χ2v) is 7.81. The van der Waals surface area contributed by atoms with Crippen LogP contribution in [-0.4, -0.2) is 13.0 Å². The second-order valence-electron chi connectivity index (χ2n) is 7.81. The zero-order valence-electron chi connectivity index (χ0n) is 18.8. The number of nitrogens with one attached hydrogen (secondary N) is 1.